The van der Waals surface area contributed by atoms with Gasteiger partial charge in [-0.1, -0.05) is 26.7 Å². The van der Waals surface area contributed by atoms with Crippen LogP contribution in [-0.4, -0.2) is 16.1 Å². The lowest BCUT2D eigenvalue weighted by Crippen LogP contribution is -2.22. The fourth-order valence-electron chi connectivity index (χ4n) is 2.85. The summed E-state index contributed by atoms with van der Waals surface area (Å²) in [6.07, 6.45) is 8.77. The number of aryl methyl sites for hydroxylation is 1. The Morgan fingerprint density at radius 2 is 2.18 bits per heavy atom. The van der Waals surface area contributed by atoms with Crippen molar-refractivity contribution in [1.82, 2.24) is 9.55 Å². The quantitative estimate of drug-likeness (QED) is 0.861. The van der Waals surface area contributed by atoms with E-state index >= 15 is 0 Å². The van der Waals surface area contributed by atoms with Gasteiger partial charge in [0, 0.05) is 18.8 Å². The number of imidazole rings is 1. The highest BCUT2D eigenvalue weighted by atomic mass is 15.2. The molecule has 17 heavy (non-hydrogen) atoms. The molecule has 0 radical (unpaired) electrons. The van der Waals surface area contributed by atoms with Crippen LogP contribution in [0.15, 0.2) is 6.20 Å². The smallest absolute Gasteiger partial charge is 0.203 e. The van der Waals surface area contributed by atoms with E-state index in [0.29, 0.717) is 6.04 Å². The predicted octanol–water partition coefficient (Wildman–Crippen LogP) is 3.76. The normalized spacial score (nSPS) is 24.9. The summed E-state index contributed by atoms with van der Waals surface area (Å²) in [7, 11) is 0. The van der Waals surface area contributed by atoms with Crippen LogP contribution >= 0.6 is 0 Å². The summed E-state index contributed by atoms with van der Waals surface area (Å²) in [5, 5.41) is 3.45. The third kappa shape index (κ3) is 2.82. The highest BCUT2D eigenvalue weighted by Gasteiger charge is 2.24. The Hall–Kier alpha value is -0.990. The van der Waals surface area contributed by atoms with Crippen LogP contribution in [0.4, 0.5) is 5.95 Å². The minimum atomic E-state index is 0.643. The second-order valence-corrected chi connectivity index (χ2v) is 5.37. The minimum absolute atomic E-state index is 0.643. The zero-order chi connectivity index (χ0) is 12.3. The van der Waals surface area contributed by atoms with Crippen molar-refractivity contribution in [1.29, 1.82) is 0 Å². The van der Waals surface area contributed by atoms with E-state index < -0.39 is 0 Å². The van der Waals surface area contributed by atoms with Crippen molar-refractivity contribution < 1.29 is 0 Å². The lowest BCUT2D eigenvalue weighted by atomic mass is 9.86. The van der Waals surface area contributed by atoms with Gasteiger partial charge in [-0.15, -0.1) is 0 Å². The van der Waals surface area contributed by atoms with Crippen molar-refractivity contribution in [3.05, 3.63) is 11.9 Å². The van der Waals surface area contributed by atoms with Crippen LogP contribution in [0.1, 0.15) is 57.7 Å². The Morgan fingerprint density at radius 3 is 2.88 bits per heavy atom. The van der Waals surface area contributed by atoms with Crippen LogP contribution in [0.3, 0.4) is 0 Å². The van der Waals surface area contributed by atoms with Crippen LogP contribution in [0.2, 0.25) is 0 Å². The molecule has 3 heteroatoms. The number of nitrogens with zero attached hydrogens (tertiary/aromatic N) is 2. The first kappa shape index (κ1) is 12.5. The van der Waals surface area contributed by atoms with E-state index in [1.807, 2.05) is 0 Å². The molecule has 0 saturated heterocycles. The van der Waals surface area contributed by atoms with Gasteiger partial charge in [0.05, 0.1) is 5.69 Å². The molecule has 1 heterocycles. The van der Waals surface area contributed by atoms with E-state index in [4.69, 9.17) is 0 Å². The summed E-state index contributed by atoms with van der Waals surface area (Å²) in [5.74, 6) is 1.85. The number of hydrogen-bond donors (Lipinski definition) is 1. The molecule has 1 N–H and O–H groups in total. The van der Waals surface area contributed by atoms with Crippen molar-refractivity contribution in [2.24, 2.45) is 5.92 Å². The highest BCUT2D eigenvalue weighted by molar-refractivity contribution is 5.29. The summed E-state index contributed by atoms with van der Waals surface area (Å²) in [5.41, 5.74) is 1.13. The fraction of sp³-hybridized carbons (Fsp3) is 0.786. The largest absolute Gasteiger partial charge is 0.356 e. The number of rotatable bonds is 4. The summed E-state index contributed by atoms with van der Waals surface area (Å²) in [6, 6.07) is 0.643. The maximum atomic E-state index is 4.61. The first-order valence-corrected chi connectivity index (χ1v) is 7.01. The first-order valence-electron chi connectivity index (χ1n) is 7.01. The second kappa shape index (κ2) is 5.56. The van der Waals surface area contributed by atoms with Gasteiger partial charge in [-0.3, -0.25) is 0 Å². The van der Waals surface area contributed by atoms with E-state index in [0.717, 1.165) is 30.5 Å². The van der Waals surface area contributed by atoms with Gasteiger partial charge < -0.3 is 9.88 Å². The zero-order valence-electron chi connectivity index (χ0n) is 11.4. The fourth-order valence-corrected chi connectivity index (χ4v) is 2.85. The molecular formula is C14H25N3. The molecule has 1 aliphatic rings. The average Bonchev–Trinajstić information content (AvgIpc) is 2.68. The molecule has 2 rings (SSSR count). The van der Waals surface area contributed by atoms with E-state index in [-0.39, 0.29) is 0 Å². The molecule has 96 valence electrons. The lowest BCUT2D eigenvalue weighted by Gasteiger charge is -2.31. The van der Waals surface area contributed by atoms with Crippen LogP contribution in [0.25, 0.3) is 0 Å². The first-order chi connectivity index (χ1) is 8.22. The molecule has 1 aliphatic carbocycles. The van der Waals surface area contributed by atoms with Gasteiger partial charge in [-0.2, -0.15) is 0 Å². The van der Waals surface area contributed by atoms with E-state index in [1.54, 1.807) is 0 Å². The van der Waals surface area contributed by atoms with Crippen LogP contribution < -0.4 is 5.32 Å². The Balaban J connectivity index is 2.17. The van der Waals surface area contributed by atoms with Crippen LogP contribution in [0, 0.1) is 12.8 Å². The average molecular weight is 235 g/mol. The molecule has 0 spiro atoms. The summed E-state index contributed by atoms with van der Waals surface area (Å²) in [6.45, 7) is 7.66. The molecule has 1 fully saturated rings. The van der Waals surface area contributed by atoms with Crippen LogP contribution in [0.5, 0.6) is 0 Å². The molecule has 0 aliphatic heterocycles. The molecule has 1 saturated carbocycles. The Bertz CT molecular complexity index is 356. The number of hydrogen-bond acceptors (Lipinski definition) is 2. The molecule has 1 aromatic heterocycles. The van der Waals surface area contributed by atoms with Crippen molar-refractivity contribution in [2.75, 3.05) is 11.9 Å². The summed E-state index contributed by atoms with van der Waals surface area (Å²) in [4.78, 5) is 4.61. The standard InChI is InChI=1S/C14H25N3/c1-4-9-15-14-16-12(3)10-17(14)13-8-6-5-7-11(13)2/h10-11,13H,4-9H2,1-3H3,(H,15,16). The van der Waals surface area contributed by atoms with Gasteiger partial charge in [-0.05, 0) is 32.1 Å². The van der Waals surface area contributed by atoms with Crippen LogP contribution in [-0.2, 0) is 0 Å². The Labute approximate surface area is 105 Å². The number of nitrogens with one attached hydrogen (secondary N) is 1. The molecule has 2 atom stereocenters. The summed E-state index contributed by atoms with van der Waals surface area (Å²) < 4.78 is 2.38. The minimum Gasteiger partial charge on any atom is -0.356 e. The van der Waals surface area contributed by atoms with E-state index in [9.17, 15) is 0 Å². The Kier molecular flexibility index (Phi) is 4.08. The maximum Gasteiger partial charge on any atom is 0.203 e. The van der Waals surface area contributed by atoms with Crippen molar-refractivity contribution in [3.8, 4) is 0 Å². The molecule has 0 aromatic carbocycles. The third-order valence-electron chi connectivity index (χ3n) is 3.81. The number of aromatic nitrogens is 2. The van der Waals surface area contributed by atoms with Crippen molar-refractivity contribution in [3.63, 3.8) is 0 Å². The maximum absolute atomic E-state index is 4.61. The number of anilines is 1. The van der Waals surface area contributed by atoms with Gasteiger partial charge in [-0.25, -0.2) is 4.98 Å². The Morgan fingerprint density at radius 1 is 1.41 bits per heavy atom. The zero-order valence-corrected chi connectivity index (χ0v) is 11.4. The second-order valence-electron chi connectivity index (χ2n) is 5.37. The summed E-state index contributed by atoms with van der Waals surface area (Å²) >= 11 is 0. The van der Waals surface area contributed by atoms with Gasteiger partial charge in [0.25, 0.3) is 0 Å². The van der Waals surface area contributed by atoms with Crippen molar-refractivity contribution >= 4 is 5.95 Å². The van der Waals surface area contributed by atoms with Gasteiger partial charge in [0.2, 0.25) is 5.95 Å². The third-order valence-corrected chi connectivity index (χ3v) is 3.81. The van der Waals surface area contributed by atoms with E-state index in [2.05, 4.69) is 41.8 Å². The highest BCUT2D eigenvalue weighted by Crippen LogP contribution is 2.35. The molecular weight excluding hydrogens is 210 g/mol. The van der Waals surface area contributed by atoms with Gasteiger partial charge in [0.15, 0.2) is 0 Å². The molecule has 0 bridgehead atoms. The van der Waals surface area contributed by atoms with E-state index in [1.165, 1.54) is 25.7 Å². The SMILES string of the molecule is CCCNc1nc(C)cn1C1CCCCC1C. The molecule has 1 aromatic rings. The molecule has 3 nitrogen and oxygen atoms in total. The lowest BCUT2D eigenvalue weighted by molar-refractivity contribution is 0.259. The molecule has 2 unspecified atom stereocenters. The van der Waals surface area contributed by atoms with Gasteiger partial charge in [0.1, 0.15) is 0 Å². The topological polar surface area (TPSA) is 29.9 Å². The van der Waals surface area contributed by atoms with Gasteiger partial charge >= 0.3 is 0 Å². The van der Waals surface area contributed by atoms with Crippen molar-refractivity contribution in [2.45, 2.75) is 58.9 Å². The monoisotopic (exact) mass is 235 g/mol. The predicted molar refractivity (Wildman–Crippen MR) is 72.4 cm³/mol. The molecule has 0 amide bonds.